The Morgan fingerprint density at radius 2 is 2.19 bits per heavy atom. The lowest BCUT2D eigenvalue weighted by atomic mass is 9.95. The van der Waals surface area contributed by atoms with E-state index in [0.29, 0.717) is 17.8 Å². The van der Waals surface area contributed by atoms with Crippen molar-refractivity contribution in [3.63, 3.8) is 0 Å². The highest BCUT2D eigenvalue weighted by Gasteiger charge is 2.31. The van der Waals surface area contributed by atoms with Gasteiger partial charge in [0.05, 0.1) is 0 Å². The number of hydrogen-bond donors (Lipinski definition) is 1. The van der Waals surface area contributed by atoms with Gasteiger partial charge in [-0.1, -0.05) is 20.3 Å². The third-order valence-electron chi connectivity index (χ3n) is 3.62. The smallest absolute Gasteiger partial charge is 0.153 e. The van der Waals surface area contributed by atoms with Crippen molar-refractivity contribution in [1.82, 2.24) is 14.8 Å². The van der Waals surface area contributed by atoms with E-state index in [2.05, 4.69) is 23.9 Å². The molecule has 1 saturated carbocycles. The molecule has 16 heavy (non-hydrogen) atoms. The van der Waals surface area contributed by atoms with Crippen LogP contribution in [-0.2, 0) is 7.05 Å². The number of aryl methyl sites for hydroxylation is 1. The molecule has 0 bridgehead atoms. The first kappa shape index (κ1) is 11.6. The van der Waals surface area contributed by atoms with Gasteiger partial charge in [-0.25, -0.2) is 4.98 Å². The maximum absolute atomic E-state index is 5.82. The van der Waals surface area contributed by atoms with Gasteiger partial charge in [-0.3, -0.25) is 4.68 Å². The summed E-state index contributed by atoms with van der Waals surface area (Å²) >= 11 is 0. The molecule has 2 atom stereocenters. The van der Waals surface area contributed by atoms with E-state index in [1.165, 1.54) is 19.3 Å². The number of hydrogen-bond acceptors (Lipinski definition) is 3. The molecule has 1 aliphatic carbocycles. The normalized spacial score (nSPS) is 25.6. The summed E-state index contributed by atoms with van der Waals surface area (Å²) in [5.41, 5.74) is 5.82. The van der Waals surface area contributed by atoms with Crippen LogP contribution in [0.1, 0.15) is 56.6 Å². The van der Waals surface area contributed by atoms with E-state index >= 15 is 0 Å². The van der Waals surface area contributed by atoms with Gasteiger partial charge in [0.2, 0.25) is 0 Å². The summed E-state index contributed by atoms with van der Waals surface area (Å²) in [6.45, 7) is 5.04. The minimum Gasteiger partial charge on any atom is -0.330 e. The zero-order valence-electron chi connectivity index (χ0n) is 10.5. The number of nitrogens with zero attached hydrogens (tertiary/aromatic N) is 3. The van der Waals surface area contributed by atoms with E-state index in [1.54, 1.807) is 0 Å². The van der Waals surface area contributed by atoms with Crippen molar-refractivity contribution < 1.29 is 0 Å². The van der Waals surface area contributed by atoms with Crippen LogP contribution in [0, 0.1) is 5.92 Å². The van der Waals surface area contributed by atoms with Crippen LogP contribution in [0.25, 0.3) is 0 Å². The maximum atomic E-state index is 5.82. The Labute approximate surface area is 97.2 Å². The summed E-state index contributed by atoms with van der Waals surface area (Å²) in [6, 6.07) is 0. The van der Waals surface area contributed by atoms with Crippen molar-refractivity contribution in [2.75, 3.05) is 6.54 Å². The van der Waals surface area contributed by atoms with Crippen molar-refractivity contribution in [3.8, 4) is 0 Å². The Hall–Kier alpha value is -0.900. The molecule has 1 aliphatic rings. The Morgan fingerprint density at radius 3 is 2.75 bits per heavy atom. The van der Waals surface area contributed by atoms with Crippen molar-refractivity contribution in [2.45, 2.75) is 44.9 Å². The molecule has 0 spiro atoms. The third-order valence-corrected chi connectivity index (χ3v) is 3.62. The van der Waals surface area contributed by atoms with Gasteiger partial charge in [-0.15, -0.1) is 0 Å². The van der Waals surface area contributed by atoms with Gasteiger partial charge in [0.15, 0.2) is 5.82 Å². The molecular formula is C12H22N4. The van der Waals surface area contributed by atoms with Crippen LogP contribution in [0.15, 0.2) is 0 Å². The van der Waals surface area contributed by atoms with E-state index in [1.807, 2.05) is 11.7 Å². The zero-order valence-corrected chi connectivity index (χ0v) is 10.5. The quantitative estimate of drug-likeness (QED) is 0.848. The lowest BCUT2D eigenvalue weighted by Crippen LogP contribution is -2.19. The molecule has 1 aromatic heterocycles. The second kappa shape index (κ2) is 4.53. The highest BCUT2D eigenvalue weighted by atomic mass is 15.3. The lowest BCUT2D eigenvalue weighted by Gasteiger charge is -2.16. The van der Waals surface area contributed by atoms with Gasteiger partial charge < -0.3 is 5.73 Å². The molecule has 1 fully saturated rings. The average Bonchev–Trinajstić information content (AvgIpc) is 2.82. The number of rotatable bonds is 3. The molecular weight excluding hydrogens is 200 g/mol. The fourth-order valence-electron chi connectivity index (χ4n) is 2.64. The summed E-state index contributed by atoms with van der Waals surface area (Å²) in [4.78, 5) is 4.69. The molecule has 0 amide bonds. The van der Waals surface area contributed by atoms with Crippen molar-refractivity contribution in [1.29, 1.82) is 0 Å². The highest BCUT2D eigenvalue weighted by Crippen LogP contribution is 2.38. The van der Waals surface area contributed by atoms with E-state index in [0.717, 1.165) is 18.2 Å². The molecule has 1 heterocycles. The molecule has 0 aromatic carbocycles. The summed E-state index contributed by atoms with van der Waals surface area (Å²) in [7, 11) is 2.00. The molecule has 2 rings (SSSR count). The predicted molar refractivity (Wildman–Crippen MR) is 64.2 cm³/mol. The van der Waals surface area contributed by atoms with Crippen LogP contribution in [0.4, 0.5) is 0 Å². The molecule has 2 N–H and O–H groups in total. The summed E-state index contributed by atoms with van der Waals surface area (Å²) in [6.07, 6.45) is 3.73. The molecule has 4 heteroatoms. The Balaban J connectivity index is 2.25. The van der Waals surface area contributed by atoms with Gasteiger partial charge in [0, 0.05) is 18.9 Å². The maximum Gasteiger partial charge on any atom is 0.153 e. The molecule has 0 radical (unpaired) electrons. The van der Waals surface area contributed by atoms with Crippen LogP contribution in [0.2, 0.25) is 0 Å². The standard InChI is InChI=1S/C12H22N4/c1-8(2)11-14-12(16(3)15-11)10-6-4-5-9(10)7-13/h8-10H,4-7,13H2,1-3H3. The van der Waals surface area contributed by atoms with Gasteiger partial charge in [-0.2, -0.15) is 5.10 Å². The van der Waals surface area contributed by atoms with E-state index in [-0.39, 0.29) is 0 Å². The van der Waals surface area contributed by atoms with Gasteiger partial charge in [-0.05, 0) is 25.3 Å². The highest BCUT2D eigenvalue weighted by molar-refractivity contribution is 5.06. The summed E-state index contributed by atoms with van der Waals surface area (Å²) in [5.74, 6) is 3.62. The minimum absolute atomic E-state index is 0.401. The monoisotopic (exact) mass is 222 g/mol. The van der Waals surface area contributed by atoms with Crippen LogP contribution >= 0.6 is 0 Å². The predicted octanol–water partition coefficient (Wildman–Crippen LogP) is 1.78. The van der Waals surface area contributed by atoms with E-state index < -0.39 is 0 Å². The number of nitrogens with two attached hydrogens (primary N) is 1. The van der Waals surface area contributed by atoms with Gasteiger partial charge in [0.25, 0.3) is 0 Å². The van der Waals surface area contributed by atoms with Crippen LogP contribution in [0.3, 0.4) is 0 Å². The first-order valence-electron chi connectivity index (χ1n) is 6.24. The Kier molecular flexibility index (Phi) is 3.28. The molecule has 90 valence electrons. The van der Waals surface area contributed by atoms with Crippen LogP contribution in [0.5, 0.6) is 0 Å². The van der Waals surface area contributed by atoms with E-state index in [9.17, 15) is 0 Å². The molecule has 0 saturated heterocycles. The third kappa shape index (κ3) is 1.98. The fourth-order valence-corrected chi connectivity index (χ4v) is 2.64. The SMILES string of the molecule is CC(C)c1nc(C2CCCC2CN)n(C)n1. The minimum atomic E-state index is 0.401. The molecule has 4 nitrogen and oxygen atoms in total. The van der Waals surface area contributed by atoms with Crippen LogP contribution in [-0.4, -0.2) is 21.3 Å². The first-order valence-corrected chi connectivity index (χ1v) is 6.24. The topological polar surface area (TPSA) is 56.7 Å². The number of aromatic nitrogens is 3. The fraction of sp³-hybridized carbons (Fsp3) is 0.833. The van der Waals surface area contributed by atoms with Crippen molar-refractivity contribution in [2.24, 2.45) is 18.7 Å². The average molecular weight is 222 g/mol. The van der Waals surface area contributed by atoms with E-state index in [4.69, 9.17) is 5.73 Å². The Bertz CT molecular complexity index is 356. The zero-order chi connectivity index (χ0) is 11.7. The van der Waals surface area contributed by atoms with Crippen molar-refractivity contribution in [3.05, 3.63) is 11.6 Å². The molecule has 1 aromatic rings. The van der Waals surface area contributed by atoms with Gasteiger partial charge in [0.1, 0.15) is 5.82 Å². The summed E-state index contributed by atoms with van der Waals surface area (Å²) < 4.78 is 1.95. The van der Waals surface area contributed by atoms with Crippen LogP contribution < -0.4 is 5.73 Å². The lowest BCUT2D eigenvalue weighted by molar-refractivity contribution is 0.460. The summed E-state index contributed by atoms with van der Waals surface area (Å²) in [5, 5.41) is 4.49. The second-order valence-electron chi connectivity index (χ2n) is 5.14. The Morgan fingerprint density at radius 1 is 1.44 bits per heavy atom. The first-order chi connectivity index (χ1) is 7.63. The molecule has 2 unspecified atom stereocenters. The second-order valence-corrected chi connectivity index (χ2v) is 5.14. The van der Waals surface area contributed by atoms with Gasteiger partial charge >= 0.3 is 0 Å². The molecule has 0 aliphatic heterocycles. The van der Waals surface area contributed by atoms with Crippen molar-refractivity contribution >= 4 is 0 Å². The largest absolute Gasteiger partial charge is 0.330 e.